The number of methoxy groups -OCH3 is 1. The number of amides is 1. The molecule has 1 saturated heterocycles. The molecule has 1 amide bonds. The second-order valence-corrected chi connectivity index (χ2v) is 3.43. The van der Waals surface area contributed by atoms with E-state index in [0.29, 0.717) is 25.6 Å². The van der Waals surface area contributed by atoms with Crippen molar-refractivity contribution in [1.82, 2.24) is 10.8 Å². The molecular weight excluding hydrogens is 184 g/mol. The number of nitrogens with one attached hydrogen (secondary N) is 2. The van der Waals surface area contributed by atoms with Gasteiger partial charge in [-0.1, -0.05) is 0 Å². The van der Waals surface area contributed by atoms with E-state index in [1.165, 1.54) is 0 Å². The predicted octanol–water partition coefficient (Wildman–Crippen LogP) is -0.320. The van der Waals surface area contributed by atoms with Crippen LogP contribution in [0.25, 0.3) is 0 Å². The Morgan fingerprint density at radius 3 is 3.07 bits per heavy atom. The lowest BCUT2D eigenvalue weighted by atomic mass is 10.1. The molecule has 1 aliphatic heterocycles. The highest BCUT2D eigenvalue weighted by molar-refractivity contribution is 5.75. The average Bonchev–Trinajstić information content (AvgIpc) is 2.65. The maximum absolute atomic E-state index is 11.3. The first-order chi connectivity index (χ1) is 6.83. The third kappa shape index (κ3) is 4.55. The molecule has 0 radical (unpaired) electrons. The van der Waals surface area contributed by atoms with E-state index in [1.54, 1.807) is 7.11 Å². The molecule has 1 aliphatic rings. The maximum Gasteiger partial charge on any atom is 0.243 e. The van der Waals surface area contributed by atoms with Gasteiger partial charge in [0.25, 0.3) is 0 Å². The molecule has 0 spiro atoms. The minimum absolute atomic E-state index is 0.0465. The highest BCUT2D eigenvalue weighted by Crippen LogP contribution is 2.11. The summed E-state index contributed by atoms with van der Waals surface area (Å²) in [6.45, 7) is 2.84. The van der Waals surface area contributed by atoms with Gasteiger partial charge in [0.2, 0.25) is 5.91 Å². The Hall–Kier alpha value is -0.650. The minimum Gasteiger partial charge on any atom is -0.382 e. The van der Waals surface area contributed by atoms with Crippen molar-refractivity contribution in [1.29, 1.82) is 0 Å². The average molecular weight is 202 g/mol. The van der Waals surface area contributed by atoms with Gasteiger partial charge in [0.1, 0.15) is 0 Å². The molecule has 0 aromatic heterocycles. The van der Waals surface area contributed by atoms with Gasteiger partial charge in [-0.25, -0.2) is 5.48 Å². The number of rotatable bonds is 6. The summed E-state index contributed by atoms with van der Waals surface area (Å²) in [5.74, 6) is 0.413. The zero-order valence-corrected chi connectivity index (χ0v) is 8.54. The normalized spacial score (nSPS) is 21.1. The van der Waals surface area contributed by atoms with E-state index < -0.39 is 0 Å². The van der Waals surface area contributed by atoms with Crippen LogP contribution in [-0.4, -0.2) is 39.3 Å². The maximum atomic E-state index is 11.3. The van der Waals surface area contributed by atoms with Gasteiger partial charge < -0.3 is 10.1 Å². The summed E-state index contributed by atoms with van der Waals surface area (Å²) < 4.78 is 4.77. The van der Waals surface area contributed by atoms with Crippen molar-refractivity contribution < 1.29 is 14.4 Å². The molecule has 0 bridgehead atoms. The number of hydrogen-bond acceptors (Lipinski definition) is 4. The SMILES string of the molecule is COCCONC(=O)CC1CCNC1. The van der Waals surface area contributed by atoms with E-state index in [2.05, 4.69) is 10.8 Å². The molecule has 5 nitrogen and oxygen atoms in total. The molecule has 14 heavy (non-hydrogen) atoms. The van der Waals surface area contributed by atoms with Crippen molar-refractivity contribution in [3.05, 3.63) is 0 Å². The van der Waals surface area contributed by atoms with E-state index in [0.717, 1.165) is 19.5 Å². The summed E-state index contributed by atoms with van der Waals surface area (Å²) in [4.78, 5) is 16.2. The van der Waals surface area contributed by atoms with Crippen LogP contribution in [0.1, 0.15) is 12.8 Å². The number of hydrogen-bond donors (Lipinski definition) is 2. The van der Waals surface area contributed by atoms with Crippen LogP contribution in [0.5, 0.6) is 0 Å². The standard InChI is InChI=1S/C9H18N2O3/c1-13-4-5-14-11-9(12)6-8-2-3-10-7-8/h8,10H,2-7H2,1H3,(H,11,12). The first-order valence-electron chi connectivity index (χ1n) is 4.93. The number of carbonyl (C=O) groups is 1. The van der Waals surface area contributed by atoms with Crippen molar-refractivity contribution in [2.75, 3.05) is 33.4 Å². The fraction of sp³-hybridized carbons (Fsp3) is 0.889. The van der Waals surface area contributed by atoms with Crippen molar-refractivity contribution >= 4 is 5.91 Å². The van der Waals surface area contributed by atoms with Gasteiger partial charge in [-0.3, -0.25) is 9.63 Å². The van der Waals surface area contributed by atoms with Gasteiger partial charge in [-0.2, -0.15) is 0 Å². The van der Waals surface area contributed by atoms with E-state index in [4.69, 9.17) is 9.57 Å². The fourth-order valence-electron chi connectivity index (χ4n) is 1.45. The predicted molar refractivity (Wildman–Crippen MR) is 51.6 cm³/mol. The smallest absolute Gasteiger partial charge is 0.243 e. The number of carbonyl (C=O) groups excluding carboxylic acids is 1. The Morgan fingerprint density at radius 1 is 1.57 bits per heavy atom. The van der Waals surface area contributed by atoms with Gasteiger partial charge in [-0.05, 0) is 25.4 Å². The summed E-state index contributed by atoms with van der Waals surface area (Å²) in [7, 11) is 1.59. The van der Waals surface area contributed by atoms with Crippen molar-refractivity contribution in [2.45, 2.75) is 12.8 Å². The van der Waals surface area contributed by atoms with Crippen molar-refractivity contribution in [2.24, 2.45) is 5.92 Å². The molecule has 82 valence electrons. The van der Waals surface area contributed by atoms with Gasteiger partial charge >= 0.3 is 0 Å². The topological polar surface area (TPSA) is 59.6 Å². The van der Waals surface area contributed by atoms with Crippen LogP contribution in [0.4, 0.5) is 0 Å². The summed E-state index contributed by atoms with van der Waals surface area (Å²) in [5.41, 5.74) is 2.40. The Labute approximate surface area is 84.1 Å². The van der Waals surface area contributed by atoms with E-state index >= 15 is 0 Å². The molecule has 0 aromatic carbocycles. The minimum atomic E-state index is -0.0465. The van der Waals surface area contributed by atoms with Crippen molar-refractivity contribution in [3.8, 4) is 0 Å². The quantitative estimate of drug-likeness (QED) is 0.458. The molecule has 5 heteroatoms. The third-order valence-electron chi connectivity index (χ3n) is 2.21. The van der Waals surface area contributed by atoms with E-state index in [9.17, 15) is 4.79 Å². The second-order valence-electron chi connectivity index (χ2n) is 3.43. The second kappa shape index (κ2) is 6.75. The van der Waals surface area contributed by atoms with Crippen LogP contribution in [0.15, 0.2) is 0 Å². The third-order valence-corrected chi connectivity index (χ3v) is 2.21. The van der Waals surface area contributed by atoms with Crippen LogP contribution in [0, 0.1) is 5.92 Å². The highest BCUT2D eigenvalue weighted by Gasteiger charge is 2.17. The summed E-state index contributed by atoms with van der Waals surface area (Å²) in [6.07, 6.45) is 1.62. The lowest BCUT2D eigenvalue weighted by molar-refractivity contribution is -0.135. The Balaban J connectivity index is 1.98. The lowest BCUT2D eigenvalue weighted by Gasteiger charge is -2.08. The van der Waals surface area contributed by atoms with Crippen LogP contribution < -0.4 is 10.8 Å². The zero-order chi connectivity index (χ0) is 10.2. The van der Waals surface area contributed by atoms with Gasteiger partial charge in [0.15, 0.2) is 0 Å². The lowest BCUT2D eigenvalue weighted by Crippen LogP contribution is -2.27. The molecule has 1 heterocycles. The van der Waals surface area contributed by atoms with Gasteiger partial charge in [0, 0.05) is 13.5 Å². The van der Waals surface area contributed by atoms with Crippen LogP contribution in [0.2, 0.25) is 0 Å². The summed E-state index contributed by atoms with van der Waals surface area (Å²) in [5, 5.41) is 3.21. The van der Waals surface area contributed by atoms with Crippen LogP contribution >= 0.6 is 0 Å². The Bertz CT molecular complexity index is 169. The number of hydroxylamine groups is 1. The van der Waals surface area contributed by atoms with Crippen molar-refractivity contribution in [3.63, 3.8) is 0 Å². The van der Waals surface area contributed by atoms with E-state index in [1.807, 2.05) is 0 Å². The molecule has 1 unspecified atom stereocenters. The monoisotopic (exact) mass is 202 g/mol. The van der Waals surface area contributed by atoms with E-state index in [-0.39, 0.29) is 5.91 Å². The molecule has 2 N–H and O–H groups in total. The molecular formula is C9H18N2O3. The van der Waals surface area contributed by atoms with Crippen LogP contribution in [-0.2, 0) is 14.4 Å². The van der Waals surface area contributed by atoms with Gasteiger partial charge in [-0.15, -0.1) is 0 Å². The highest BCUT2D eigenvalue weighted by atomic mass is 16.7. The molecule has 1 atom stereocenters. The first kappa shape index (κ1) is 11.4. The Morgan fingerprint density at radius 2 is 2.43 bits per heavy atom. The fourth-order valence-corrected chi connectivity index (χ4v) is 1.45. The molecule has 1 fully saturated rings. The molecule has 0 saturated carbocycles. The zero-order valence-electron chi connectivity index (χ0n) is 8.54. The molecule has 0 aliphatic carbocycles. The summed E-state index contributed by atoms with van der Waals surface area (Å²) in [6, 6.07) is 0. The molecule has 1 rings (SSSR count). The van der Waals surface area contributed by atoms with Crippen LogP contribution in [0.3, 0.4) is 0 Å². The summed E-state index contributed by atoms with van der Waals surface area (Å²) >= 11 is 0. The molecule has 0 aromatic rings. The first-order valence-corrected chi connectivity index (χ1v) is 4.93. The number of ether oxygens (including phenoxy) is 1. The largest absolute Gasteiger partial charge is 0.382 e. The van der Waals surface area contributed by atoms with Gasteiger partial charge in [0.05, 0.1) is 13.2 Å². The Kier molecular flexibility index (Phi) is 5.51.